The minimum absolute atomic E-state index is 0.375. The van der Waals surface area contributed by atoms with Crippen LogP contribution in [0.5, 0.6) is 0 Å². The van der Waals surface area contributed by atoms with Crippen molar-refractivity contribution in [2.45, 2.75) is 19.3 Å². The highest BCUT2D eigenvalue weighted by Gasteiger charge is 2.12. The van der Waals surface area contributed by atoms with Crippen LogP contribution in [0.2, 0.25) is 0 Å². The monoisotopic (exact) mass is 258 g/mol. The van der Waals surface area contributed by atoms with Crippen LogP contribution in [-0.2, 0) is 6.42 Å². The smallest absolute Gasteiger partial charge is 0.0670 e. The van der Waals surface area contributed by atoms with Crippen molar-refractivity contribution in [3.63, 3.8) is 0 Å². The van der Waals surface area contributed by atoms with Gasteiger partial charge in [0.15, 0.2) is 0 Å². The van der Waals surface area contributed by atoms with E-state index in [2.05, 4.69) is 22.9 Å². The van der Waals surface area contributed by atoms with E-state index in [1.807, 2.05) is 18.2 Å². The lowest BCUT2D eigenvalue weighted by atomic mass is 10.1. The van der Waals surface area contributed by atoms with E-state index in [1.165, 1.54) is 25.9 Å². The molecule has 1 aromatic rings. The number of likely N-dealkylation sites (tertiary alicyclic amines) is 1. The van der Waals surface area contributed by atoms with E-state index in [0.717, 1.165) is 24.3 Å². The Labute approximate surface area is 115 Å². The molecule has 1 aliphatic rings. The predicted octanol–water partition coefficient (Wildman–Crippen LogP) is 1.87. The standard InChI is InChI=1S/C15H22N4/c1-18(10-11-19-8-2-3-9-19)14-4-5-15(17)13(12-14)6-7-16/h4-5,12H,2-3,6,8-11,17H2,1H3. The van der Waals surface area contributed by atoms with E-state index >= 15 is 0 Å². The summed E-state index contributed by atoms with van der Waals surface area (Å²) in [6, 6.07) is 8.12. The number of nitriles is 1. The predicted molar refractivity (Wildman–Crippen MR) is 79.1 cm³/mol. The van der Waals surface area contributed by atoms with Gasteiger partial charge in [0.25, 0.3) is 0 Å². The molecule has 0 saturated carbocycles. The van der Waals surface area contributed by atoms with Gasteiger partial charge in [-0.1, -0.05) is 0 Å². The van der Waals surface area contributed by atoms with E-state index < -0.39 is 0 Å². The van der Waals surface area contributed by atoms with Gasteiger partial charge in [-0.15, -0.1) is 0 Å². The first-order valence-corrected chi connectivity index (χ1v) is 6.89. The summed E-state index contributed by atoms with van der Waals surface area (Å²) < 4.78 is 0. The van der Waals surface area contributed by atoms with Gasteiger partial charge in [-0.25, -0.2) is 0 Å². The zero-order valence-electron chi connectivity index (χ0n) is 11.6. The maximum absolute atomic E-state index is 8.79. The fourth-order valence-corrected chi connectivity index (χ4v) is 2.49. The maximum atomic E-state index is 8.79. The number of hydrogen-bond donors (Lipinski definition) is 1. The molecule has 1 saturated heterocycles. The van der Waals surface area contributed by atoms with E-state index in [-0.39, 0.29) is 0 Å². The third-order valence-electron chi connectivity index (χ3n) is 3.79. The number of nitrogen functional groups attached to an aromatic ring is 1. The fourth-order valence-electron chi connectivity index (χ4n) is 2.49. The molecule has 19 heavy (non-hydrogen) atoms. The molecule has 0 aliphatic carbocycles. The van der Waals surface area contributed by atoms with Crippen LogP contribution in [0.3, 0.4) is 0 Å². The van der Waals surface area contributed by atoms with Crippen molar-refractivity contribution in [1.29, 1.82) is 5.26 Å². The highest BCUT2D eigenvalue weighted by Crippen LogP contribution is 2.21. The first kappa shape index (κ1) is 13.7. The molecule has 102 valence electrons. The van der Waals surface area contributed by atoms with Crippen LogP contribution in [0.4, 0.5) is 11.4 Å². The highest BCUT2D eigenvalue weighted by molar-refractivity contribution is 5.58. The van der Waals surface area contributed by atoms with Gasteiger partial charge in [-0.3, -0.25) is 0 Å². The van der Waals surface area contributed by atoms with Gasteiger partial charge in [-0.2, -0.15) is 5.26 Å². The van der Waals surface area contributed by atoms with Crippen molar-refractivity contribution in [3.05, 3.63) is 23.8 Å². The van der Waals surface area contributed by atoms with E-state index in [1.54, 1.807) is 0 Å². The molecular formula is C15H22N4. The van der Waals surface area contributed by atoms with Crippen molar-refractivity contribution in [2.75, 3.05) is 43.9 Å². The molecule has 0 spiro atoms. The molecule has 2 N–H and O–H groups in total. The second-order valence-electron chi connectivity index (χ2n) is 5.19. The summed E-state index contributed by atoms with van der Waals surface area (Å²) >= 11 is 0. The molecule has 4 heteroatoms. The van der Waals surface area contributed by atoms with Crippen molar-refractivity contribution in [3.8, 4) is 6.07 Å². The Bertz CT molecular complexity index is 458. The van der Waals surface area contributed by atoms with E-state index in [4.69, 9.17) is 11.0 Å². The van der Waals surface area contributed by atoms with Gasteiger partial charge in [0.05, 0.1) is 12.5 Å². The fraction of sp³-hybridized carbons (Fsp3) is 0.533. The molecule has 4 nitrogen and oxygen atoms in total. The minimum atomic E-state index is 0.375. The Morgan fingerprint density at radius 1 is 1.37 bits per heavy atom. The third-order valence-corrected chi connectivity index (χ3v) is 3.79. The SMILES string of the molecule is CN(CCN1CCCC1)c1ccc(N)c(CC#N)c1. The maximum Gasteiger partial charge on any atom is 0.0670 e. The first-order valence-electron chi connectivity index (χ1n) is 6.89. The number of rotatable bonds is 5. The first-order chi connectivity index (χ1) is 9.20. The van der Waals surface area contributed by atoms with Gasteiger partial charge in [0, 0.05) is 31.5 Å². The number of likely N-dealkylation sites (N-methyl/N-ethyl adjacent to an activating group) is 1. The van der Waals surface area contributed by atoms with Crippen LogP contribution in [0.25, 0.3) is 0 Å². The zero-order valence-corrected chi connectivity index (χ0v) is 11.6. The van der Waals surface area contributed by atoms with Gasteiger partial charge < -0.3 is 15.5 Å². The summed E-state index contributed by atoms with van der Waals surface area (Å²) in [5, 5.41) is 8.79. The quantitative estimate of drug-likeness (QED) is 0.819. The molecule has 1 aromatic carbocycles. The third kappa shape index (κ3) is 3.62. The second-order valence-corrected chi connectivity index (χ2v) is 5.19. The molecule has 0 aromatic heterocycles. The van der Waals surface area contributed by atoms with Crippen LogP contribution in [0, 0.1) is 11.3 Å². The van der Waals surface area contributed by atoms with Crippen LogP contribution >= 0.6 is 0 Å². The lowest BCUT2D eigenvalue weighted by Gasteiger charge is -2.23. The summed E-state index contributed by atoms with van der Waals surface area (Å²) in [4.78, 5) is 4.74. The molecule has 1 fully saturated rings. The Morgan fingerprint density at radius 2 is 2.11 bits per heavy atom. The molecule has 0 unspecified atom stereocenters. The van der Waals surface area contributed by atoms with Crippen LogP contribution in [0.1, 0.15) is 18.4 Å². The van der Waals surface area contributed by atoms with E-state index in [0.29, 0.717) is 12.1 Å². The molecule has 1 aliphatic heterocycles. The summed E-state index contributed by atoms with van der Waals surface area (Å²) in [5.74, 6) is 0. The Morgan fingerprint density at radius 3 is 2.79 bits per heavy atom. The average molecular weight is 258 g/mol. The van der Waals surface area contributed by atoms with Crippen molar-refractivity contribution >= 4 is 11.4 Å². The topological polar surface area (TPSA) is 56.3 Å². The summed E-state index contributed by atoms with van der Waals surface area (Å²) in [6.45, 7) is 4.58. The number of nitrogens with two attached hydrogens (primary N) is 1. The average Bonchev–Trinajstić information content (AvgIpc) is 2.92. The second kappa shape index (κ2) is 6.44. The Kier molecular flexibility index (Phi) is 4.64. The molecule has 0 atom stereocenters. The van der Waals surface area contributed by atoms with Crippen LogP contribution in [-0.4, -0.2) is 38.1 Å². The summed E-state index contributed by atoms with van der Waals surface area (Å²) in [5.41, 5.74) is 8.64. The lowest BCUT2D eigenvalue weighted by molar-refractivity contribution is 0.346. The number of anilines is 2. The van der Waals surface area contributed by atoms with Gasteiger partial charge in [-0.05, 0) is 49.7 Å². The van der Waals surface area contributed by atoms with Gasteiger partial charge in [0.2, 0.25) is 0 Å². The lowest BCUT2D eigenvalue weighted by Crippen LogP contribution is -2.31. The molecule has 1 heterocycles. The molecular weight excluding hydrogens is 236 g/mol. The van der Waals surface area contributed by atoms with Gasteiger partial charge >= 0.3 is 0 Å². The molecule has 0 amide bonds. The Balaban J connectivity index is 1.96. The number of nitrogens with zero attached hydrogens (tertiary/aromatic N) is 3. The minimum Gasteiger partial charge on any atom is -0.398 e. The van der Waals surface area contributed by atoms with Crippen molar-refractivity contribution in [2.24, 2.45) is 0 Å². The molecule has 2 rings (SSSR count). The number of hydrogen-bond acceptors (Lipinski definition) is 4. The van der Waals surface area contributed by atoms with Crippen LogP contribution in [0.15, 0.2) is 18.2 Å². The largest absolute Gasteiger partial charge is 0.398 e. The normalized spacial score (nSPS) is 15.4. The summed E-state index contributed by atoms with van der Waals surface area (Å²) in [7, 11) is 2.09. The van der Waals surface area contributed by atoms with Gasteiger partial charge in [0.1, 0.15) is 0 Å². The van der Waals surface area contributed by atoms with Crippen molar-refractivity contribution in [1.82, 2.24) is 4.90 Å². The highest BCUT2D eigenvalue weighted by atomic mass is 15.2. The Hall–Kier alpha value is -1.73. The molecule has 0 radical (unpaired) electrons. The molecule has 0 bridgehead atoms. The van der Waals surface area contributed by atoms with E-state index in [9.17, 15) is 0 Å². The zero-order chi connectivity index (χ0) is 13.7. The summed E-state index contributed by atoms with van der Waals surface area (Å²) in [6.07, 6.45) is 3.04. The van der Waals surface area contributed by atoms with Crippen LogP contribution < -0.4 is 10.6 Å². The van der Waals surface area contributed by atoms with Crippen molar-refractivity contribution < 1.29 is 0 Å². The number of benzene rings is 1.